The van der Waals surface area contributed by atoms with Gasteiger partial charge in [0.1, 0.15) is 18.2 Å². The summed E-state index contributed by atoms with van der Waals surface area (Å²) in [5.74, 6) is -1.59. The number of likely N-dealkylation sites (tertiary alicyclic amines) is 1. The summed E-state index contributed by atoms with van der Waals surface area (Å²) >= 11 is 0. The summed E-state index contributed by atoms with van der Waals surface area (Å²) in [7, 11) is 1.39. The second kappa shape index (κ2) is 6.25. The maximum Gasteiger partial charge on any atom is 0.406 e. The molecule has 1 N–H and O–H groups in total. The number of carbonyl (C=O) groups excluding carboxylic acids is 2. The number of aryl methyl sites for hydroxylation is 2. The molecule has 0 radical (unpaired) electrons. The zero-order valence-electron chi connectivity index (χ0n) is 13.4. The van der Waals surface area contributed by atoms with Crippen molar-refractivity contribution in [3.63, 3.8) is 0 Å². The van der Waals surface area contributed by atoms with Gasteiger partial charge < -0.3 is 10.2 Å². The van der Waals surface area contributed by atoms with Gasteiger partial charge in [-0.2, -0.15) is 18.3 Å². The molecule has 0 unspecified atom stereocenters. The first-order valence-corrected chi connectivity index (χ1v) is 7.22. The first kappa shape index (κ1) is 18.0. The third-order valence-electron chi connectivity index (χ3n) is 3.93. The molecule has 10 heteroatoms. The molecule has 1 aromatic heterocycles. The summed E-state index contributed by atoms with van der Waals surface area (Å²) in [5.41, 5.74) is 0.0483. The van der Waals surface area contributed by atoms with Gasteiger partial charge in [0.25, 0.3) is 11.5 Å². The number of alkyl halides is 3. The molecule has 1 aliphatic heterocycles. The van der Waals surface area contributed by atoms with E-state index in [1.165, 1.54) is 7.05 Å². The number of aromatic nitrogens is 2. The smallest absolute Gasteiger partial charge is 0.340 e. The van der Waals surface area contributed by atoms with E-state index in [9.17, 15) is 27.6 Å². The molecule has 1 atom stereocenters. The third-order valence-corrected chi connectivity index (χ3v) is 3.93. The van der Waals surface area contributed by atoms with Gasteiger partial charge in [-0.25, -0.2) is 4.68 Å². The van der Waals surface area contributed by atoms with E-state index in [-0.39, 0.29) is 18.5 Å². The second-order valence-electron chi connectivity index (χ2n) is 5.70. The van der Waals surface area contributed by atoms with Gasteiger partial charge in [-0.05, 0) is 25.8 Å². The largest absolute Gasteiger partial charge is 0.406 e. The molecule has 0 spiro atoms. The van der Waals surface area contributed by atoms with Gasteiger partial charge in [0.15, 0.2) is 0 Å². The van der Waals surface area contributed by atoms with Gasteiger partial charge in [-0.1, -0.05) is 0 Å². The van der Waals surface area contributed by atoms with Crippen molar-refractivity contribution in [3.8, 4) is 0 Å². The Morgan fingerprint density at radius 2 is 1.96 bits per heavy atom. The van der Waals surface area contributed by atoms with E-state index in [4.69, 9.17) is 0 Å². The minimum atomic E-state index is -4.50. The van der Waals surface area contributed by atoms with Crippen LogP contribution in [0.3, 0.4) is 0 Å². The Labute approximate surface area is 135 Å². The lowest BCUT2D eigenvalue weighted by Crippen LogP contribution is -2.45. The molecule has 132 valence electrons. The minimum absolute atomic E-state index is 0.0596. The van der Waals surface area contributed by atoms with E-state index in [1.54, 1.807) is 13.8 Å². The molecule has 0 bridgehead atoms. The summed E-state index contributed by atoms with van der Waals surface area (Å²) in [6.07, 6.45) is -4.44. The lowest BCUT2D eigenvalue weighted by Gasteiger charge is -2.19. The zero-order valence-corrected chi connectivity index (χ0v) is 13.4. The Kier molecular flexibility index (Phi) is 4.68. The van der Waals surface area contributed by atoms with E-state index in [0.717, 1.165) is 4.68 Å². The van der Waals surface area contributed by atoms with Crippen LogP contribution in [0.25, 0.3) is 0 Å². The highest BCUT2D eigenvalue weighted by Gasteiger charge is 2.40. The quantitative estimate of drug-likeness (QED) is 0.853. The van der Waals surface area contributed by atoms with E-state index in [0.29, 0.717) is 16.2 Å². The van der Waals surface area contributed by atoms with E-state index in [1.807, 2.05) is 0 Å². The molecule has 1 saturated heterocycles. The average molecular weight is 346 g/mol. The van der Waals surface area contributed by atoms with Crippen LogP contribution >= 0.6 is 0 Å². The van der Waals surface area contributed by atoms with Crippen LogP contribution in [0.5, 0.6) is 0 Å². The molecule has 1 aromatic rings. The van der Waals surface area contributed by atoms with E-state index in [2.05, 4.69) is 10.4 Å². The van der Waals surface area contributed by atoms with Crippen molar-refractivity contribution < 1.29 is 22.8 Å². The van der Waals surface area contributed by atoms with Gasteiger partial charge in [-0.15, -0.1) is 0 Å². The molecule has 2 rings (SSSR count). The molecule has 2 amide bonds. The first-order valence-electron chi connectivity index (χ1n) is 7.22. The van der Waals surface area contributed by atoms with Crippen LogP contribution in [-0.4, -0.2) is 51.8 Å². The van der Waals surface area contributed by atoms with Gasteiger partial charge >= 0.3 is 6.18 Å². The predicted molar refractivity (Wildman–Crippen MR) is 77.5 cm³/mol. The molecule has 1 fully saturated rings. The van der Waals surface area contributed by atoms with Crippen LogP contribution in [-0.2, 0) is 11.8 Å². The molecular weight excluding hydrogens is 329 g/mol. The third kappa shape index (κ3) is 3.57. The summed E-state index contributed by atoms with van der Waals surface area (Å²) in [6.45, 7) is 1.71. The summed E-state index contributed by atoms with van der Waals surface area (Å²) < 4.78 is 38.2. The van der Waals surface area contributed by atoms with Crippen LogP contribution in [0.4, 0.5) is 13.2 Å². The van der Waals surface area contributed by atoms with Crippen molar-refractivity contribution in [2.24, 2.45) is 7.05 Å². The fourth-order valence-electron chi connectivity index (χ4n) is 2.59. The summed E-state index contributed by atoms with van der Waals surface area (Å²) in [5, 5.41) is 6.30. The maximum absolute atomic E-state index is 12.4. The van der Waals surface area contributed by atoms with Crippen LogP contribution in [0.2, 0.25) is 0 Å². The minimum Gasteiger partial charge on any atom is -0.340 e. The lowest BCUT2D eigenvalue weighted by molar-refractivity contribution is -0.157. The van der Waals surface area contributed by atoms with Crippen LogP contribution in [0.15, 0.2) is 4.79 Å². The van der Waals surface area contributed by atoms with Crippen molar-refractivity contribution >= 4 is 11.8 Å². The molecule has 1 aliphatic rings. The SMILES string of the molecule is Cc1nn(C)c(=O)c(C(=O)N[C@H]2CCN(CC(F)(F)F)C2=O)c1C. The number of nitrogens with one attached hydrogen (secondary N) is 1. The normalized spacial score (nSPS) is 18.2. The highest BCUT2D eigenvalue weighted by molar-refractivity contribution is 5.98. The Morgan fingerprint density at radius 3 is 2.54 bits per heavy atom. The first-order chi connectivity index (χ1) is 11.0. The zero-order chi connectivity index (χ0) is 18.2. The fourth-order valence-corrected chi connectivity index (χ4v) is 2.59. The topological polar surface area (TPSA) is 84.3 Å². The van der Waals surface area contributed by atoms with Crippen molar-refractivity contribution in [1.29, 1.82) is 0 Å². The Hall–Kier alpha value is -2.39. The number of carbonyl (C=O) groups is 2. The molecular formula is C14H17F3N4O3. The predicted octanol–water partition coefficient (Wildman–Crippen LogP) is 0.290. The second-order valence-corrected chi connectivity index (χ2v) is 5.70. The summed E-state index contributed by atoms with van der Waals surface area (Å²) in [4.78, 5) is 37.0. The standard InChI is InChI=1S/C14H17F3N4O3/c1-7-8(2)19-20(3)13(24)10(7)11(22)18-9-4-5-21(12(9)23)6-14(15,16)17/h9H,4-6H2,1-3H3,(H,18,22)/t9-/m0/s1. The average Bonchev–Trinajstić information content (AvgIpc) is 2.77. The molecule has 24 heavy (non-hydrogen) atoms. The molecule has 7 nitrogen and oxygen atoms in total. The summed E-state index contributed by atoms with van der Waals surface area (Å²) in [6, 6.07) is -1.07. The monoisotopic (exact) mass is 346 g/mol. The Balaban J connectivity index is 2.18. The molecule has 0 saturated carbocycles. The molecule has 0 aliphatic carbocycles. The van der Waals surface area contributed by atoms with Crippen LogP contribution in [0.1, 0.15) is 28.0 Å². The van der Waals surface area contributed by atoms with Crippen molar-refractivity contribution in [2.75, 3.05) is 13.1 Å². The highest BCUT2D eigenvalue weighted by atomic mass is 19.4. The van der Waals surface area contributed by atoms with Crippen molar-refractivity contribution in [3.05, 3.63) is 27.2 Å². The molecule has 0 aromatic carbocycles. The lowest BCUT2D eigenvalue weighted by atomic mass is 10.1. The van der Waals surface area contributed by atoms with Crippen LogP contribution in [0, 0.1) is 13.8 Å². The van der Waals surface area contributed by atoms with Gasteiger partial charge in [0, 0.05) is 13.6 Å². The number of rotatable bonds is 3. The molecule has 2 heterocycles. The van der Waals surface area contributed by atoms with E-state index < -0.39 is 36.1 Å². The maximum atomic E-state index is 12.4. The Bertz CT molecular complexity index is 742. The number of amides is 2. The Morgan fingerprint density at radius 1 is 1.33 bits per heavy atom. The van der Waals surface area contributed by atoms with Gasteiger partial charge in [0.2, 0.25) is 5.91 Å². The van der Waals surface area contributed by atoms with E-state index >= 15 is 0 Å². The number of halogens is 3. The van der Waals surface area contributed by atoms with Crippen LogP contribution < -0.4 is 10.9 Å². The number of nitrogens with zero attached hydrogens (tertiary/aromatic N) is 3. The number of hydrogen-bond acceptors (Lipinski definition) is 4. The van der Waals surface area contributed by atoms with Crippen molar-refractivity contribution in [1.82, 2.24) is 20.0 Å². The fraction of sp³-hybridized carbons (Fsp3) is 0.571. The van der Waals surface area contributed by atoms with Crippen molar-refractivity contribution in [2.45, 2.75) is 32.5 Å². The van der Waals surface area contributed by atoms with Gasteiger partial charge in [0.05, 0.1) is 5.69 Å². The highest BCUT2D eigenvalue weighted by Crippen LogP contribution is 2.21. The number of hydrogen-bond donors (Lipinski definition) is 1. The van der Waals surface area contributed by atoms with Gasteiger partial charge in [-0.3, -0.25) is 14.4 Å².